The molecule has 2 heterocycles. The molecule has 1 fully saturated rings. The van der Waals surface area contributed by atoms with Gasteiger partial charge in [0.05, 0.1) is 0 Å². The molecular weight excluding hydrogens is 236 g/mol. The maximum atomic E-state index is 11.6. The highest BCUT2D eigenvalue weighted by atomic mass is 16.2. The first kappa shape index (κ1) is 12.2. The molecular formula is C10H14N6O2. The van der Waals surface area contributed by atoms with Crippen LogP contribution in [0, 0.1) is 6.92 Å². The number of hydrazine groups is 1. The van der Waals surface area contributed by atoms with Gasteiger partial charge in [0, 0.05) is 12.0 Å². The maximum Gasteiger partial charge on any atom is 0.249 e. The van der Waals surface area contributed by atoms with Crippen LogP contribution in [0.15, 0.2) is 6.33 Å². The first-order chi connectivity index (χ1) is 8.61. The van der Waals surface area contributed by atoms with E-state index in [1.807, 2.05) is 0 Å². The van der Waals surface area contributed by atoms with Gasteiger partial charge < -0.3 is 10.7 Å². The Balaban J connectivity index is 2.14. The molecule has 0 radical (unpaired) electrons. The van der Waals surface area contributed by atoms with Crippen molar-refractivity contribution in [2.75, 3.05) is 10.7 Å². The Morgan fingerprint density at radius 1 is 1.39 bits per heavy atom. The third kappa shape index (κ3) is 2.38. The molecule has 96 valence electrons. The SMILES string of the molecule is Cc1c(NN)ncnc1NC1CCC(=O)NC1=O. The molecule has 1 aliphatic heterocycles. The average Bonchev–Trinajstić information content (AvgIpc) is 2.35. The molecule has 0 bridgehead atoms. The Morgan fingerprint density at radius 3 is 2.78 bits per heavy atom. The number of nitrogens with two attached hydrogens (primary N) is 1. The number of imide groups is 1. The lowest BCUT2D eigenvalue weighted by Gasteiger charge is -2.23. The first-order valence-corrected chi connectivity index (χ1v) is 5.50. The second-order valence-corrected chi connectivity index (χ2v) is 3.99. The summed E-state index contributed by atoms with van der Waals surface area (Å²) in [6.45, 7) is 1.78. The molecule has 8 nitrogen and oxygen atoms in total. The van der Waals surface area contributed by atoms with Crippen molar-refractivity contribution < 1.29 is 9.59 Å². The van der Waals surface area contributed by atoms with Crippen LogP contribution in [0.2, 0.25) is 0 Å². The summed E-state index contributed by atoms with van der Waals surface area (Å²) >= 11 is 0. The van der Waals surface area contributed by atoms with E-state index in [0.717, 1.165) is 0 Å². The smallest absolute Gasteiger partial charge is 0.249 e. The summed E-state index contributed by atoms with van der Waals surface area (Å²) in [6, 6.07) is -0.470. The molecule has 1 unspecified atom stereocenters. The van der Waals surface area contributed by atoms with Gasteiger partial charge in [-0.25, -0.2) is 15.8 Å². The summed E-state index contributed by atoms with van der Waals surface area (Å²) < 4.78 is 0. The number of hydrogen-bond acceptors (Lipinski definition) is 7. The predicted molar refractivity (Wildman–Crippen MR) is 64.4 cm³/mol. The number of carbonyl (C=O) groups is 2. The van der Waals surface area contributed by atoms with Crippen molar-refractivity contribution in [3.05, 3.63) is 11.9 Å². The number of rotatable bonds is 3. The van der Waals surface area contributed by atoms with Crippen LogP contribution in [0.1, 0.15) is 18.4 Å². The van der Waals surface area contributed by atoms with Crippen molar-refractivity contribution in [3.63, 3.8) is 0 Å². The van der Waals surface area contributed by atoms with Gasteiger partial charge in [0.25, 0.3) is 0 Å². The standard InChI is InChI=1S/C10H14N6O2/c1-5-8(12-4-13-9(5)16-11)14-6-2-3-7(17)15-10(6)18/h4,6H,2-3,11H2,1H3,(H,15,17,18)(H2,12,13,14,16). The zero-order valence-electron chi connectivity index (χ0n) is 9.86. The van der Waals surface area contributed by atoms with Gasteiger partial charge in [0.2, 0.25) is 11.8 Å². The topological polar surface area (TPSA) is 122 Å². The number of piperidine rings is 1. The number of anilines is 2. The van der Waals surface area contributed by atoms with E-state index in [1.54, 1.807) is 6.92 Å². The summed E-state index contributed by atoms with van der Waals surface area (Å²) in [5, 5.41) is 5.26. The lowest BCUT2D eigenvalue weighted by atomic mass is 10.1. The molecule has 1 aromatic heterocycles. The fourth-order valence-corrected chi connectivity index (χ4v) is 1.74. The number of hydrogen-bond donors (Lipinski definition) is 4. The van der Waals surface area contributed by atoms with Crippen molar-refractivity contribution in [1.82, 2.24) is 15.3 Å². The Hall–Kier alpha value is -2.22. The Kier molecular flexibility index (Phi) is 3.38. The summed E-state index contributed by atoms with van der Waals surface area (Å²) in [7, 11) is 0. The highest BCUT2D eigenvalue weighted by Crippen LogP contribution is 2.19. The molecule has 1 saturated heterocycles. The van der Waals surface area contributed by atoms with Crippen LogP contribution in [0.25, 0.3) is 0 Å². The molecule has 0 aliphatic carbocycles. The van der Waals surface area contributed by atoms with Crippen LogP contribution in [-0.4, -0.2) is 27.8 Å². The van der Waals surface area contributed by atoms with Crippen molar-refractivity contribution in [3.8, 4) is 0 Å². The molecule has 0 aromatic carbocycles. The van der Waals surface area contributed by atoms with E-state index in [4.69, 9.17) is 5.84 Å². The molecule has 5 N–H and O–H groups in total. The number of aromatic nitrogens is 2. The van der Waals surface area contributed by atoms with Crippen molar-refractivity contribution in [2.24, 2.45) is 5.84 Å². The Labute approximate surface area is 103 Å². The number of nitrogen functional groups attached to an aromatic ring is 1. The highest BCUT2D eigenvalue weighted by Gasteiger charge is 2.27. The predicted octanol–water partition coefficient (Wildman–Crippen LogP) is -0.712. The number of amides is 2. The van der Waals surface area contributed by atoms with Crippen LogP contribution in [0.4, 0.5) is 11.6 Å². The molecule has 18 heavy (non-hydrogen) atoms. The number of carbonyl (C=O) groups excluding carboxylic acids is 2. The molecule has 1 aromatic rings. The largest absolute Gasteiger partial charge is 0.358 e. The van der Waals surface area contributed by atoms with E-state index in [1.165, 1.54) is 6.33 Å². The van der Waals surface area contributed by atoms with E-state index in [2.05, 4.69) is 26.0 Å². The highest BCUT2D eigenvalue weighted by molar-refractivity contribution is 6.01. The second-order valence-electron chi connectivity index (χ2n) is 3.99. The lowest BCUT2D eigenvalue weighted by Crippen LogP contribution is -2.47. The fraction of sp³-hybridized carbons (Fsp3) is 0.400. The summed E-state index contributed by atoms with van der Waals surface area (Å²) in [5.41, 5.74) is 3.16. The summed E-state index contributed by atoms with van der Waals surface area (Å²) in [6.07, 6.45) is 2.10. The van der Waals surface area contributed by atoms with Crippen LogP contribution >= 0.6 is 0 Å². The van der Waals surface area contributed by atoms with E-state index in [9.17, 15) is 9.59 Å². The third-order valence-electron chi connectivity index (χ3n) is 2.77. The first-order valence-electron chi connectivity index (χ1n) is 5.50. The minimum Gasteiger partial charge on any atom is -0.358 e. The molecule has 0 saturated carbocycles. The minimum absolute atomic E-state index is 0.248. The van der Waals surface area contributed by atoms with E-state index < -0.39 is 6.04 Å². The summed E-state index contributed by atoms with van der Waals surface area (Å²) in [4.78, 5) is 30.6. The quantitative estimate of drug-likeness (QED) is 0.317. The van der Waals surface area contributed by atoms with Crippen molar-refractivity contribution in [2.45, 2.75) is 25.8 Å². The average molecular weight is 250 g/mol. The van der Waals surface area contributed by atoms with Gasteiger partial charge in [0.15, 0.2) is 0 Å². The molecule has 2 amide bonds. The van der Waals surface area contributed by atoms with E-state index >= 15 is 0 Å². The summed E-state index contributed by atoms with van der Waals surface area (Å²) in [5.74, 6) is 5.72. The molecule has 2 rings (SSSR count). The third-order valence-corrected chi connectivity index (χ3v) is 2.77. The Morgan fingerprint density at radius 2 is 2.11 bits per heavy atom. The molecule has 1 atom stereocenters. The minimum atomic E-state index is -0.470. The van der Waals surface area contributed by atoms with Gasteiger partial charge in [-0.2, -0.15) is 0 Å². The van der Waals surface area contributed by atoms with Gasteiger partial charge in [-0.1, -0.05) is 0 Å². The lowest BCUT2D eigenvalue weighted by molar-refractivity contribution is -0.133. The molecule has 0 spiro atoms. The van der Waals surface area contributed by atoms with Crippen LogP contribution < -0.4 is 21.9 Å². The van der Waals surface area contributed by atoms with Crippen LogP contribution in [0.3, 0.4) is 0 Å². The van der Waals surface area contributed by atoms with Gasteiger partial charge in [-0.3, -0.25) is 14.9 Å². The maximum absolute atomic E-state index is 11.6. The van der Waals surface area contributed by atoms with Crippen LogP contribution in [0.5, 0.6) is 0 Å². The zero-order valence-corrected chi connectivity index (χ0v) is 9.86. The van der Waals surface area contributed by atoms with Crippen LogP contribution in [-0.2, 0) is 9.59 Å². The molecule has 1 aliphatic rings. The second kappa shape index (κ2) is 4.96. The zero-order chi connectivity index (χ0) is 13.1. The molecule has 8 heteroatoms. The van der Waals surface area contributed by atoms with Gasteiger partial charge in [-0.15, -0.1) is 0 Å². The van der Waals surface area contributed by atoms with Gasteiger partial charge in [0.1, 0.15) is 24.0 Å². The van der Waals surface area contributed by atoms with Gasteiger partial charge in [-0.05, 0) is 13.3 Å². The monoisotopic (exact) mass is 250 g/mol. The van der Waals surface area contributed by atoms with Gasteiger partial charge >= 0.3 is 0 Å². The number of nitrogens with zero attached hydrogens (tertiary/aromatic N) is 2. The van der Waals surface area contributed by atoms with E-state index in [0.29, 0.717) is 30.0 Å². The van der Waals surface area contributed by atoms with Crippen molar-refractivity contribution in [1.29, 1.82) is 0 Å². The number of nitrogens with one attached hydrogen (secondary N) is 3. The normalized spacial score (nSPS) is 19.3. The Bertz CT molecular complexity index is 489. The van der Waals surface area contributed by atoms with Crippen molar-refractivity contribution >= 4 is 23.5 Å². The fourth-order valence-electron chi connectivity index (χ4n) is 1.74. The van der Waals surface area contributed by atoms with E-state index in [-0.39, 0.29) is 11.8 Å².